The van der Waals surface area contributed by atoms with Crippen molar-refractivity contribution in [2.24, 2.45) is 0 Å². The first-order valence-corrected chi connectivity index (χ1v) is 8.78. The molecule has 4 rings (SSSR count). The summed E-state index contributed by atoms with van der Waals surface area (Å²) in [5.74, 6) is -0.339. The van der Waals surface area contributed by atoms with Gasteiger partial charge >= 0.3 is 0 Å². The zero-order valence-electron chi connectivity index (χ0n) is 14.2. The number of hydrogen-bond donors (Lipinski definition) is 1. The van der Waals surface area contributed by atoms with Gasteiger partial charge < -0.3 is 9.88 Å². The summed E-state index contributed by atoms with van der Waals surface area (Å²) in [5.41, 5.74) is 3.48. The molecule has 1 saturated heterocycles. The number of benzene rings is 1. The number of para-hydroxylation sites is 1. The number of carbonyl (C=O) groups is 3. The van der Waals surface area contributed by atoms with Gasteiger partial charge in [0.25, 0.3) is 0 Å². The van der Waals surface area contributed by atoms with E-state index in [4.69, 9.17) is 0 Å². The van der Waals surface area contributed by atoms with Gasteiger partial charge in [-0.2, -0.15) is 0 Å². The Labute approximate surface area is 145 Å². The van der Waals surface area contributed by atoms with Gasteiger partial charge in [-0.25, -0.2) is 0 Å². The van der Waals surface area contributed by atoms with Gasteiger partial charge in [-0.05, 0) is 25.0 Å². The largest absolute Gasteiger partial charge is 0.356 e. The molecule has 3 amide bonds. The summed E-state index contributed by atoms with van der Waals surface area (Å²) < 4.78 is 0. The molecule has 6 nitrogen and oxygen atoms in total. The monoisotopic (exact) mass is 339 g/mol. The maximum atomic E-state index is 12.7. The van der Waals surface area contributed by atoms with Crippen molar-refractivity contribution in [1.29, 1.82) is 0 Å². The average molecular weight is 339 g/mol. The maximum Gasteiger partial charge on any atom is 0.229 e. The Morgan fingerprint density at radius 3 is 2.64 bits per heavy atom. The number of hydrogen-bond acceptors (Lipinski definition) is 3. The predicted molar refractivity (Wildman–Crippen MR) is 92.7 cm³/mol. The quantitative estimate of drug-likeness (QED) is 0.871. The Kier molecular flexibility index (Phi) is 3.82. The van der Waals surface area contributed by atoms with Crippen molar-refractivity contribution in [3.05, 3.63) is 35.5 Å². The standard InChI is InChI=1S/C19H21N3O3/c1-12-19-14(13-4-2-3-5-15(13)20-19)8-10-21(12)18(25)9-11-22-16(23)6-7-17(22)24/h2-5,12,20H,6-11H2,1H3. The Hall–Kier alpha value is -2.63. The van der Waals surface area contributed by atoms with Gasteiger partial charge in [-0.15, -0.1) is 0 Å². The molecule has 0 bridgehead atoms. The predicted octanol–water partition coefficient (Wildman–Crippen LogP) is 2.15. The molecule has 130 valence electrons. The van der Waals surface area contributed by atoms with Crippen LogP contribution < -0.4 is 0 Å². The van der Waals surface area contributed by atoms with Gasteiger partial charge in [0.1, 0.15) is 0 Å². The molecule has 6 heteroatoms. The molecule has 0 aliphatic carbocycles. The molecule has 1 aromatic heterocycles. The van der Waals surface area contributed by atoms with Crippen LogP contribution in [0.2, 0.25) is 0 Å². The van der Waals surface area contributed by atoms with E-state index in [2.05, 4.69) is 17.1 Å². The lowest BCUT2D eigenvalue weighted by Crippen LogP contribution is -2.41. The molecule has 1 unspecified atom stereocenters. The molecule has 1 atom stereocenters. The van der Waals surface area contributed by atoms with E-state index in [9.17, 15) is 14.4 Å². The zero-order valence-corrected chi connectivity index (χ0v) is 14.2. The first-order valence-electron chi connectivity index (χ1n) is 8.78. The van der Waals surface area contributed by atoms with Crippen LogP contribution in [0.4, 0.5) is 0 Å². The van der Waals surface area contributed by atoms with E-state index in [1.54, 1.807) is 0 Å². The summed E-state index contributed by atoms with van der Waals surface area (Å²) in [6, 6.07) is 8.16. The van der Waals surface area contributed by atoms with Crippen molar-refractivity contribution < 1.29 is 14.4 Å². The van der Waals surface area contributed by atoms with Crippen LogP contribution in [0.1, 0.15) is 43.5 Å². The SMILES string of the molecule is CC1c2[nH]c3ccccc3c2CCN1C(=O)CCN1C(=O)CCC1=O. The highest BCUT2D eigenvalue weighted by molar-refractivity contribution is 6.02. The van der Waals surface area contributed by atoms with Crippen LogP contribution in [0.15, 0.2) is 24.3 Å². The minimum atomic E-state index is -0.164. The lowest BCUT2D eigenvalue weighted by Gasteiger charge is -2.34. The third-order valence-corrected chi connectivity index (χ3v) is 5.36. The van der Waals surface area contributed by atoms with Crippen LogP contribution in [0, 0.1) is 0 Å². The van der Waals surface area contributed by atoms with E-state index >= 15 is 0 Å². The minimum Gasteiger partial charge on any atom is -0.356 e. The maximum absolute atomic E-state index is 12.7. The van der Waals surface area contributed by atoms with Crippen LogP contribution in [-0.2, 0) is 20.8 Å². The van der Waals surface area contributed by atoms with E-state index in [1.807, 2.05) is 24.0 Å². The number of likely N-dealkylation sites (tertiary alicyclic amines) is 1. The molecule has 0 radical (unpaired) electrons. The number of fused-ring (bicyclic) bond motifs is 3. The number of aromatic amines is 1. The van der Waals surface area contributed by atoms with Crippen LogP contribution in [0.3, 0.4) is 0 Å². The van der Waals surface area contributed by atoms with Gasteiger partial charge in [0, 0.05) is 48.9 Å². The van der Waals surface area contributed by atoms with Crippen molar-refractivity contribution >= 4 is 28.6 Å². The van der Waals surface area contributed by atoms with Crippen molar-refractivity contribution in [3.63, 3.8) is 0 Å². The number of H-pyrrole nitrogens is 1. The third kappa shape index (κ3) is 2.62. The second kappa shape index (κ2) is 6.02. The van der Waals surface area contributed by atoms with Crippen LogP contribution in [0.25, 0.3) is 10.9 Å². The number of nitrogens with one attached hydrogen (secondary N) is 1. The zero-order chi connectivity index (χ0) is 17.6. The molecular formula is C19H21N3O3. The molecular weight excluding hydrogens is 318 g/mol. The Bertz CT molecular complexity index is 854. The number of nitrogens with zero attached hydrogens (tertiary/aromatic N) is 2. The number of aromatic nitrogens is 1. The Morgan fingerprint density at radius 2 is 1.88 bits per heavy atom. The first kappa shape index (κ1) is 15.9. The molecule has 1 N–H and O–H groups in total. The highest BCUT2D eigenvalue weighted by Crippen LogP contribution is 2.34. The lowest BCUT2D eigenvalue weighted by molar-refractivity contribution is -0.140. The van der Waals surface area contributed by atoms with Gasteiger partial charge in [0.15, 0.2) is 0 Å². The summed E-state index contributed by atoms with van der Waals surface area (Å²) in [4.78, 5) is 42.5. The molecule has 1 aromatic carbocycles. The number of carbonyl (C=O) groups excluding carboxylic acids is 3. The fraction of sp³-hybridized carbons (Fsp3) is 0.421. The van der Waals surface area contributed by atoms with E-state index in [1.165, 1.54) is 15.8 Å². The fourth-order valence-electron chi connectivity index (χ4n) is 3.99. The van der Waals surface area contributed by atoms with Gasteiger partial charge in [-0.1, -0.05) is 18.2 Å². The van der Waals surface area contributed by atoms with Gasteiger partial charge in [0.05, 0.1) is 6.04 Å². The Morgan fingerprint density at radius 1 is 1.16 bits per heavy atom. The molecule has 0 spiro atoms. The normalized spacial score (nSPS) is 20.4. The van der Waals surface area contributed by atoms with Crippen LogP contribution in [-0.4, -0.2) is 45.6 Å². The second-order valence-corrected chi connectivity index (χ2v) is 6.77. The van der Waals surface area contributed by atoms with Crippen molar-refractivity contribution in [3.8, 4) is 0 Å². The summed E-state index contributed by atoms with van der Waals surface area (Å²) >= 11 is 0. The fourth-order valence-corrected chi connectivity index (χ4v) is 3.99. The summed E-state index contributed by atoms with van der Waals surface area (Å²) in [5, 5.41) is 1.23. The Balaban J connectivity index is 1.49. The first-order chi connectivity index (χ1) is 12.1. The van der Waals surface area contributed by atoms with Crippen molar-refractivity contribution in [1.82, 2.24) is 14.8 Å². The van der Waals surface area contributed by atoms with E-state index in [-0.39, 0.29) is 49.6 Å². The molecule has 3 heterocycles. The molecule has 25 heavy (non-hydrogen) atoms. The van der Waals surface area contributed by atoms with E-state index in [0.29, 0.717) is 6.54 Å². The topological polar surface area (TPSA) is 73.5 Å². The highest BCUT2D eigenvalue weighted by atomic mass is 16.2. The minimum absolute atomic E-state index is 0.00990. The van der Waals surface area contributed by atoms with Gasteiger partial charge in [-0.3, -0.25) is 19.3 Å². The van der Waals surface area contributed by atoms with E-state index < -0.39 is 0 Å². The van der Waals surface area contributed by atoms with E-state index in [0.717, 1.165) is 17.6 Å². The molecule has 2 aliphatic heterocycles. The second-order valence-electron chi connectivity index (χ2n) is 6.77. The summed E-state index contributed by atoms with van der Waals surface area (Å²) in [6.45, 7) is 2.88. The van der Waals surface area contributed by atoms with Gasteiger partial charge in [0.2, 0.25) is 17.7 Å². The van der Waals surface area contributed by atoms with Crippen LogP contribution in [0.5, 0.6) is 0 Å². The molecule has 1 fully saturated rings. The molecule has 0 saturated carbocycles. The third-order valence-electron chi connectivity index (χ3n) is 5.36. The number of amides is 3. The summed E-state index contributed by atoms with van der Waals surface area (Å²) in [7, 11) is 0. The number of rotatable bonds is 3. The smallest absolute Gasteiger partial charge is 0.229 e. The van der Waals surface area contributed by atoms with Crippen molar-refractivity contribution in [2.75, 3.05) is 13.1 Å². The summed E-state index contributed by atoms with van der Waals surface area (Å²) in [6.07, 6.45) is 1.55. The van der Waals surface area contributed by atoms with Crippen molar-refractivity contribution in [2.45, 2.75) is 38.6 Å². The van der Waals surface area contributed by atoms with Crippen LogP contribution >= 0.6 is 0 Å². The molecule has 2 aromatic rings. The highest BCUT2D eigenvalue weighted by Gasteiger charge is 2.32. The lowest BCUT2D eigenvalue weighted by atomic mass is 9.98. The number of imide groups is 1. The molecule has 2 aliphatic rings. The average Bonchev–Trinajstić information content (AvgIpc) is 3.14.